The third-order valence-corrected chi connectivity index (χ3v) is 5.44. The van der Waals surface area contributed by atoms with Crippen molar-refractivity contribution in [2.45, 2.75) is 32.6 Å². The van der Waals surface area contributed by atoms with Gasteiger partial charge in [-0.3, -0.25) is 4.98 Å². The third kappa shape index (κ3) is 4.12. The van der Waals surface area contributed by atoms with E-state index >= 15 is 0 Å². The Morgan fingerprint density at radius 1 is 0.964 bits per heavy atom. The maximum atomic E-state index is 5.87. The van der Waals surface area contributed by atoms with E-state index in [1.165, 1.54) is 16.0 Å². The van der Waals surface area contributed by atoms with E-state index in [0.29, 0.717) is 11.9 Å². The molecule has 6 heteroatoms. The molecule has 5 nitrogen and oxygen atoms in total. The molecule has 0 aliphatic carbocycles. The molecule has 0 aliphatic rings. The molecule has 4 rings (SSSR count). The zero-order chi connectivity index (χ0) is 19.6. The van der Waals surface area contributed by atoms with Gasteiger partial charge >= 0.3 is 6.01 Å². The number of hydrogen-bond acceptors (Lipinski definition) is 6. The molecule has 0 fully saturated rings. The quantitative estimate of drug-likeness (QED) is 0.465. The number of hydrogen-bond donors (Lipinski definition) is 1. The van der Waals surface area contributed by atoms with Crippen molar-refractivity contribution in [3.63, 3.8) is 0 Å². The van der Waals surface area contributed by atoms with Crippen LogP contribution in [0.15, 0.2) is 64.7 Å². The molecule has 142 valence electrons. The predicted molar refractivity (Wildman–Crippen MR) is 113 cm³/mol. The van der Waals surface area contributed by atoms with Crippen molar-refractivity contribution in [3.8, 4) is 11.5 Å². The van der Waals surface area contributed by atoms with Crippen LogP contribution in [-0.4, -0.2) is 15.2 Å². The molecule has 0 atom stereocenters. The molecule has 0 saturated heterocycles. The lowest BCUT2D eigenvalue weighted by atomic mass is 9.87. The fraction of sp³-hybridized carbons (Fsp3) is 0.227. The first-order chi connectivity index (χ1) is 13.5. The molecule has 0 aliphatic heterocycles. The van der Waals surface area contributed by atoms with Gasteiger partial charge in [0.15, 0.2) is 0 Å². The average molecular weight is 391 g/mol. The summed E-state index contributed by atoms with van der Waals surface area (Å²) >= 11 is 1.69. The number of nitrogens with zero attached hydrogens (tertiary/aromatic N) is 3. The predicted octanol–water partition coefficient (Wildman–Crippen LogP) is 5.83. The maximum Gasteiger partial charge on any atom is 0.320 e. The van der Waals surface area contributed by atoms with E-state index in [2.05, 4.69) is 53.4 Å². The molecule has 0 spiro atoms. The van der Waals surface area contributed by atoms with Crippen LogP contribution in [0.4, 0.5) is 11.7 Å². The van der Waals surface area contributed by atoms with Crippen LogP contribution >= 0.6 is 11.3 Å². The molecule has 0 amide bonds. The zero-order valence-corrected chi connectivity index (χ0v) is 17.0. The van der Waals surface area contributed by atoms with Gasteiger partial charge in [-0.15, -0.1) is 16.4 Å². The van der Waals surface area contributed by atoms with Crippen LogP contribution in [-0.2, 0) is 11.8 Å². The summed E-state index contributed by atoms with van der Waals surface area (Å²) in [6.07, 6.45) is 4.43. The Hall–Kier alpha value is -2.99. The van der Waals surface area contributed by atoms with Crippen LogP contribution in [0, 0.1) is 0 Å². The van der Waals surface area contributed by atoms with Crippen molar-refractivity contribution in [3.05, 3.63) is 76.2 Å². The first-order valence-electron chi connectivity index (χ1n) is 9.16. The van der Waals surface area contributed by atoms with Gasteiger partial charge in [-0.25, -0.2) is 0 Å². The molecule has 0 saturated carbocycles. The molecular formula is C22H22N4OS. The second-order valence-electron chi connectivity index (χ2n) is 7.65. The summed E-state index contributed by atoms with van der Waals surface area (Å²) in [5, 5.41) is 13.6. The second kappa shape index (κ2) is 7.56. The average Bonchev–Trinajstić information content (AvgIpc) is 3.31. The van der Waals surface area contributed by atoms with Crippen LogP contribution in [0.2, 0.25) is 0 Å². The molecule has 0 unspecified atom stereocenters. The monoisotopic (exact) mass is 390 g/mol. The number of benzene rings is 1. The summed E-state index contributed by atoms with van der Waals surface area (Å²) < 4.78 is 5.87. The molecule has 0 bridgehead atoms. The van der Waals surface area contributed by atoms with Gasteiger partial charge in [0.05, 0.1) is 5.56 Å². The highest BCUT2D eigenvalue weighted by Gasteiger charge is 2.16. The lowest BCUT2D eigenvalue weighted by Crippen LogP contribution is -2.10. The van der Waals surface area contributed by atoms with E-state index in [4.69, 9.17) is 4.42 Å². The number of aromatic nitrogens is 3. The minimum absolute atomic E-state index is 0.125. The smallest absolute Gasteiger partial charge is 0.320 e. The number of thiophene rings is 1. The molecule has 28 heavy (non-hydrogen) atoms. The Labute approximate surface area is 168 Å². The minimum Gasteiger partial charge on any atom is -0.403 e. The molecule has 4 aromatic rings. The van der Waals surface area contributed by atoms with Gasteiger partial charge in [-0.1, -0.05) is 38.0 Å². The standard InChI is InChI=1S/C22H22N4OS/c1-22(2,3)16-4-6-17(7-5-16)24-21-26-25-20(27-21)18-10-13-28-19(18)14-15-8-11-23-12-9-15/h4-13H,14H2,1-3H3,(H,24,26). The van der Waals surface area contributed by atoms with Crippen molar-refractivity contribution in [1.82, 2.24) is 15.2 Å². The van der Waals surface area contributed by atoms with E-state index in [-0.39, 0.29) is 5.41 Å². The van der Waals surface area contributed by atoms with Gasteiger partial charge in [-0.2, -0.15) is 0 Å². The molecule has 3 heterocycles. The summed E-state index contributed by atoms with van der Waals surface area (Å²) in [7, 11) is 0. The van der Waals surface area contributed by atoms with E-state index in [9.17, 15) is 0 Å². The highest BCUT2D eigenvalue weighted by molar-refractivity contribution is 7.10. The lowest BCUT2D eigenvalue weighted by molar-refractivity contribution is 0.586. The summed E-state index contributed by atoms with van der Waals surface area (Å²) in [5.74, 6) is 0.527. The lowest BCUT2D eigenvalue weighted by Gasteiger charge is -2.19. The van der Waals surface area contributed by atoms with Gasteiger partial charge in [0.2, 0.25) is 0 Å². The number of nitrogens with one attached hydrogen (secondary N) is 1. The van der Waals surface area contributed by atoms with Crippen LogP contribution in [0.5, 0.6) is 0 Å². The first-order valence-corrected chi connectivity index (χ1v) is 10.0. The zero-order valence-electron chi connectivity index (χ0n) is 16.1. The van der Waals surface area contributed by atoms with Crippen LogP contribution in [0.1, 0.15) is 36.8 Å². The Bertz CT molecular complexity index is 1050. The molecular weight excluding hydrogens is 368 g/mol. The summed E-state index contributed by atoms with van der Waals surface area (Å²) in [6, 6.07) is 14.7. The van der Waals surface area contributed by atoms with Crippen molar-refractivity contribution in [2.75, 3.05) is 5.32 Å². The topological polar surface area (TPSA) is 63.8 Å². The number of anilines is 2. The Morgan fingerprint density at radius 2 is 1.71 bits per heavy atom. The SMILES string of the molecule is CC(C)(C)c1ccc(Nc2nnc(-c3ccsc3Cc3ccncc3)o2)cc1. The molecule has 3 aromatic heterocycles. The van der Waals surface area contributed by atoms with E-state index in [1.807, 2.05) is 48.1 Å². The summed E-state index contributed by atoms with van der Waals surface area (Å²) in [6.45, 7) is 6.60. The molecule has 0 radical (unpaired) electrons. The number of rotatable bonds is 5. The van der Waals surface area contributed by atoms with Gasteiger partial charge in [0.1, 0.15) is 0 Å². The maximum absolute atomic E-state index is 5.87. The minimum atomic E-state index is 0.125. The summed E-state index contributed by atoms with van der Waals surface area (Å²) in [4.78, 5) is 5.26. The van der Waals surface area contributed by atoms with Crippen molar-refractivity contribution >= 4 is 23.0 Å². The Kier molecular flexibility index (Phi) is 4.96. The number of pyridine rings is 1. The van der Waals surface area contributed by atoms with Crippen molar-refractivity contribution in [1.29, 1.82) is 0 Å². The largest absolute Gasteiger partial charge is 0.403 e. The van der Waals surface area contributed by atoms with Crippen molar-refractivity contribution in [2.24, 2.45) is 0 Å². The normalized spacial score (nSPS) is 11.5. The van der Waals surface area contributed by atoms with Gasteiger partial charge in [0, 0.05) is 29.4 Å². The van der Waals surface area contributed by atoms with Crippen LogP contribution < -0.4 is 5.32 Å². The fourth-order valence-electron chi connectivity index (χ4n) is 2.91. The fourth-order valence-corrected chi connectivity index (χ4v) is 3.81. The molecule has 1 aromatic carbocycles. The van der Waals surface area contributed by atoms with E-state index < -0.39 is 0 Å². The van der Waals surface area contributed by atoms with Crippen LogP contribution in [0.3, 0.4) is 0 Å². The Morgan fingerprint density at radius 3 is 2.43 bits per heavy atom. The van der Waals surface area contributed by atoms with E-state index in [1.54, 1.807) is 11.3 Å². The van der Waals surface area contributed by atoms with E-state index in [0.717, 1.165) is 17.7 Å². The highest BCUT2D eigenvalue weighted by atomic mass is 32.1. The van der Waals surface area contributed by atoms with Gasteiger partial charge in [0.25, 0.3) is 5.89 Å². The summed E-state index contributed by atoms with van der Waals surface area (Å²) in [5.41, 5.74) is 4.51. The highest BCUT2D eigenvalue weighted by Crippen LogP contribution is 2.31. The van der Waals surface area contributed by atoms with Crippen molar-refractivity contribution < 1.29 is 4.42 Å². The second-order valence-corrected chi connectivity index (χ2v) is 8.66. The molecule has 1 N–H and O–H groups in total. The van der Waals surface area contributed by atoms with Gasteiger partial charge < -0.3 is 9.73 Å². The Balaban J connectivity index is 1.50. The van der Waals surface area contributed by atoms with Gasteiger partial charge in [-0.05, 0) is 52.3 Å². The third-order valence-electron chi connectivity index (χ3n) is 4.52. The van der Waals surface area contributed by atoms with Crippen LogP contribution in [0.25, 0.3) is 11.5 Å². The first kappa shape index (κ1) is 18.4.